The minimum absolute atomic E-state index is 0.116. The SMILES string of the molecule is Cc1cccc(Oc2ccc(Br)cc2C(=N)N)c1F. The Bertz CT molecular complexity index is 643. The number of rotatable bonds is 3. The molecule has 19 heavy (non-hydrogen) atoms. The van der Waals surface area contributed by atoms with E-state index in [4.69, 9.17) is 15.9 Å². The lowest BCUT2D eigenvalue weighted by atomic mass is 10.2. The molecule has 0 saturated carbocycles. The number of benzene rings is 2. The topological polar surface area (TPSA) is 59.1 Å². The minimum Gasteiger partial charge on any atom is -0.454 e. The van der Waals surface area contributed by atoms with Crippen LogP contribution in [0.2, 0.25) is 0 Å². The van der Waals surface area contributed by atoms with E-state index in [1.165, 1.54) is 6.07 Å². The van der Waals surface area contributed by atoms with E-state index in [1.807, 2.05) is 0 Å². The average molecular weight is 323 g/mol. The summed E-state index contributed by atoms with van der Waals surface area (Å²) in [4.78, 5) is 0. The van der Waals surface area contributed by atoms with Crippen LogP contribution in [-0.2, 0) is 0 Å². The van der Waals surface area contributed by atoms with Crippen molar-refractivity contribution in [3.8, 4) is 11.5 Å². The summed E-state index contributed by atoms with van der Waals surface area (Å²) in [6.45, 7) is 1.66. The zero-order valence-corrected chi connectivity index (χ0v) is 11.8. The Morgan fingerprint density at radius 2 is 2.00 bits per heavy atom. The van der Waals surface area contributed by atoms with Crippen LogP contribution in [0, 0.1) is 18.2 Å². The van der Waals surface area contributed by atoms with Gasteiger partial charge in [0.05, 0.1) is 5.56 Å². The number of hydrogen-bond acceptors (Lipinski definition) is 2. The van der Waals surface area contributed by atoms with Crippen molar-refractivity contribution < 1.29 is 9.13 Å². The third kappa shape index (κ3) is 2.93. The second-order valence-electron chi connectivity index (χ2n) is 4.04. The molecule has 0 spiro atoms. The van der Waals surface area contributed by atoms with E-state index in [0.717, 1.165) is 4.47 Å². The number of hydrogen-bond donors (Lipinski definition) is 2. The second-order valence-corrected chi connectivity index (χ2v) is 4.96. The molecule has 2 rings (SSSR count). The van der Waals surface area contributed by atoms with Crippen molar-refractivity contribution in [2.24, 2.45) is 5.73 Å². The normalized spacial score (nSPS) is 10.3. The predicted octanol–water partition coefficient (Wildman–Crippen LogP) is 3.97. The molecule has 0 aromatic heterocycles. The summed E-state index contributed by atoms with van der Waals surface area (Å²) in [5.74, 6) is -0.0886. The first-order chi connectivity index (χ1) is 8.99. The summed E-state index contributed by atoms with van der Waals surface area (Å²) in [6.07, 6.45) is 0. The summed E-state index contributed by atoms with van der Waals surface area (Å²) in [7, 11) is 0. The molecule has 3 nitrogen and oxygen atoms in total. The lowest BCUT2D eigenvalue weighted by Gasteiger charge is -2.12. The van der Waals surface area contributed by atoms with Gasteiger partial charge in [0.1, 0.15) is 11.6 Å². The van der Waals surface area contributed by atoms with Crippen molar-refractivity contribution in [1.82, 2.24) is 0 Å². The van der Waals surface area contributed by atoms with Crippen molar-refractivity contribution >= 4 is 21.8 Å². The zero-order chi connectivity index (χ0) is 14.0. The second kappa shape index (κ2) is 5.40. The maximum atomic E-state index is 13.9. The molecular formula is C14H12BrFN2O. The first kappa shape index (κ1) is 13.5. The molecule has 0 bridgehead atoms. The van der Waals surface area contributed by atoms with Gasteiger partial charge in [-0.25, -0.2) is 4.39 Å². The maximum Gasteiger partial charge on any atom is 0.168 e. The molecule has 2 aromatic carbocycles. The smallest absolute Gasteiger partial charge is 0.168 e. The van der Waals surface area contributed by atoms with Crippen LogP contribution in [0.1, 0.15) is 11.1 Å². The largest absolute Gasteiger partial charge is 0.454 e. The van der Waals surface area contributed by atoms with Crippen LogP contribution in [0.3, 0.4) is 0 Å². The Labute approximate surface area is 118 Å². The molecule has 0 fully saturated rings. The fourth-order valence-corrected chi connectivity index (χ4v) is 1.98. The third-order valence-corrected chi connectivity index (χ3v) is 3.10. The van der Waals surface area contributed by atoms with E-state index >= 15 is 0 Å². The van der Waals surface area contributed by atoms with Gasteiger partial charge in [-0.05, 0) is 36.8 Å². The number of ether oxygens (including phenoxy) is 1. The number of halogens is 2. The van der Waals surface area contributed by atoms with Gasteiger partial charge in [-0.15, -0.1) is 0 Å². The first-order valence-corrected chi connectivity index (χ1v) is 6.35. The number of nitrogen functional groups attached to an aromatic ring is 1. The molecule has 0 heterocycles. The van der Waals surface area contributed by atoms with Crippen LogP contribution in [-0.4, -0.2) is 5.84 Å². The average Bonchev–Trinajstić information content (AvgIpc) is 2.36. The van der Waals surface area contributed by atoms with Crippen molar-refractivity contribution in [3.05, 3.63) is 57.8 Å². The monoisotopic (exact) mass is 322 g/mol. The summed E-state index contributed by atoms with van der Waals surface area (Å²) in [5.41, 5.74) is 6.41. The maximum absolute atomic E-state index is 13.9. The number of nitrogens with two attached hydrogens (primary N) is 1. The van der Waals surface area contributed by atoms with Crippen LogP contribution in [0.15, 0.2) is 40.9 Å². The molecule has 0 atom stereocenters. The zero-order valence-electron chi connectivity index (χ0n) is 10.2. The number of aryl methyl sites for hydroxylation is 1. The highest BCUT2D eigenvalue weighted by molar-refractivity contribution is 9.10. The third-order valence-electron chi connectivity index (χ3n) is 2.61. The Morgan fingerprint density at radius 3 is 2.68 bits per heavy atom. The summed E-state index contributed by atoms with van der Waals surface area (Å²) >= 11 is 3.29. The van der Waals surface area contributed by atoms with Crippen LogP contribution >= 0.6 is 15.9 Å². The highest BCUT2D eigenvalue weighted by atomic mass is 79.9. The molecule has 0 saturated heterocycles. The number of nitrogens with one attached hydrogen (secondary N) is 1. The van der Waals surface area contributed by atoms with E-state index in [9.17, 15) is 4.39 Å². The molecule has 3 N–H and O–H groups in total. The van der Waals surface area contributed by atoms with Gasteiger partial charge in [-0.1, -0.05) is 28.1 Å². The van der Waals surface area contributed by atoms with E-state index in [-0.39, 0.29) is 11.6 Å². The quantitative estimate of drug-likeness (QED) is 0.663. The van der Waals surface area contributed by atoms with Crippen LogP contribution in [0.5, 0.6) is 11.5 Å². The molecular weight excluding hydrogens is 311 g/mol. The molecule has 0 aliphatic heterocycles. The molecule has 98 valence electrons. The van der Waals surface area contributed by atoms with Crippen molar-refractivity contribution in [3.63, 3.8) is 0 Å². The van der Waals surface area contributed by atoms with Gasteiger partial charge in [-0.2, -0.15) is 0 Å². The lowest BCUT2D eigenvalue weighted by Crippen LogP contribution is -2.12. The van der Waals surface area contributed by atoms with E-state index in [1.54, 1.807) is 37.3 Å². The highest BCUT2D eigenvalue weighted by Gasteiger charge is 2.12. The summed E-state index contributed by atoms with van der Waals surface area (Å²) < 4.78 is 20.2. The minimum atomic E-state index is -0.417. The number of amidine groups is 1. The van der Waals surface area contributed by atoms with Gasteiger partial charge >= 0.3 is 0 Å². The van der Waals surface area contributed by atoms with Crippen molar-refractivity contribution in [1.29, 1.82) is 5.41 Å². The van der Waals surface area contributed by atoms with Gasteiger partial charge < -0.3 is 10.5 Å². The Hall–Kier alpha value is -1.88. The van der Waals surface area contributed by atoms with Gasteiger partial charge in [0.2, 0.25) is 0 Å². The molecule has 0 unspecified atom stereocenters. The van der Waals surface area contributed by atoms with E-state index in [2.05, 4.69) is 15.9 Å². The standard InChI is InChI=1S/C14H12BrFN2O/c1-8-3-2-4-12(13(8)16)19-11-6-5-9(15)7-10(11)14(17)18/h2-7H,1H3,(H3,17,18). The van der Waals surface area contributed by atoms with Gasteiger partial charge in [-0.3, -0.25) is 5.41 Å². The van der Waals surface area contributed by atoms with E-state index in [0.29, 0.717) is 16.9 Å². The van der Waals surface area contributed by atoms with Crippen molar-refractivity contribution in [2.45, 2.75) is 6.92 Å². The van der Waals surface area contributed by atoms with Crippen molar-refractivity contribution in [2.75, 3.05) is 0 Å². The summed E-state index contributed by atoms with van der Waals surface area (Å²) in [5, 5.41) is 7.52. The molecule has 5 heteroatoms. The van der Waals surface area contributed by atoms with Gasteiger partial charge in [0.15, 0.2) is 11.6 Å². The first-order valence-electron chi connectivity index (χ1n) is 5.56. The Balaban J connectivity index is 2.44. The van der Waals surface area contributed by atoms with Crippen LogP contribution in [0.25, 0.3) is 0 Å². The molecule has 0 amide bonds. The van der Waals surface area contributed by atoms with Crippen LogP contribution in [0.4, 0.5) is 4.39 Å². The van der Waals surface area contributed by atoms with Gasteiger partial charge in [0.25, 0.3) is 0 Å². The predicted molar refractivity (Wildman–Crippen MR) is 76.4 cm³/mol. The fraction of sp³-hybridized carbons (Fsp3) is 0.0714. The Kier molecular flexibility index (Phi) is 3.85. The lowest BCUT2D eigenvalue weighted by molar-refractivity contribution is 0.439. The van der Waals surface area contributed by atoms with Crippen LogP contribution < -0.4 is 10.5 Å². The molecule has 2 aromatic rings. The molecule has 0 radical (unpaired) electrons. The molecule has 0 aliphatic rings. The van der Waals surface area contributed by atoms with Gasteiger partial charge in [0, 0.05) is 4.47 Å². The molecule has 0 aliphatic carbocycles. The summed E-state index contributed by atoms with van der Waals surface area (Å²) in [6, 6.07) is 9.95. The Morgan fingerprint density at radius 1 is 1.26 bits per heavy atom. The van der Waals surface area contributed by atoms with E-state index < -0.39 is 5.82 Å². The fourth-order valence-electron chi connectivity index (χ4n) is 1.62. The highest BCUT2D eigenvalue weighted by Crippen LogP contribution is 2.30.